The summed E-state index contributed by atoms with van der Waals surface area (Å²) < 4.78 is 0. The molecule has 0 heterocycles. The number of nitrogens with zero attached hydrogens (tertiary/aromatic N) is 3. The zero-order chi connectivity index (χ0) is 19.6. The Balaban J connectivity index is 2.17. The van der Waals surface area contributed by atoms with Crippen LogP contribution in [-0.4, -0.2) is 31.5 Å². The van der Waals surface area contributed by atoms with Gasteiger partial charge in [-0.15, -0.1) is 0 Å². The van der Waals surface area contributed by atoms with E-state index < -0.39 is 0 Å². The first kappa shape index (κ1) is 19.7. The lowest BCUT2D eigenvalue weighted by molar-refractivity contribution is -0.114. The molecule has 7 nitrogen and oxygen atoms in total. The van der Waals surface area contributed by atoms with Gasteiger partial charge in [0.1, 0.15) is 13.7 Å². The van der Waals surface area contributed by atoms with E-state index in [0.717, 1.165) is 11.1 Å². The van der Waals surface area contributed by atoms with E-state index in [1.807, 2.05) is 31.2 Å². The van der Waals surface area contributed by atoms with Crippen molar-refractivity contribution in [3.63, 3.8) is 0 Å². The zero-order valence-electron chi connectivity index (χ0n) is 15.4. The molecule has 0 aliphatic carbocycles. The minimum Gasteiger partial charge on any atom is -0.398 e. The molecule has 0 atom stereocenters. The number of oxime groups is 2. The summed E-state index contributed by atoms with van der Waals surface area (Å²) >= 11 is 0. The van der Waals surface area contributed by atoms with Crippen LogP contribution in [0.15, 0.2) is 58.8 Å². The molecule has 0 aliphatic rings. The fourth-order valence-electron chi connectivity index (χ4n) is 2.34. The molecule has 0 saturated carbocycles. The molecule has 0 bridgehead atoms. The van der Waals surface area contributed by atoms with Crippen molar-refractivity contribution in [2.75, 3.05) is 14.2 Å². The minimum absolute atomic E-state index is 0.156. The van der Waals surface area contributed by atoms with E-state index in [1.54, 1.807) is 24.3 Å². The Bertz CT molecular complexity index is 896. The van der Waals surface area contributed by atoms with Crippen LogP contribution in [0, 0.1) is 11.3 Å². The molecular formula is C20H20N4O3. The Morgan fingerprint density at radius 2 is 1.85 bits per heavy atom. The Morgan fingerprint density at radius 1 is 1.15 bits per heavy atom. The molecule has 2 rings (SSSR count). The molecule has 0 fully saturated rings. The molecule has 0 aliphatic heterocycles. The second-order valence-corrected chi connectivity index (χ2v) is 5.50. The van der Waals surface area contributed by atoms with Crippen molar-refractivity contribution in [2.24, 2.45) is 10.3 Å². The van der Waals surface area contributed by atoms with Gasteiger partial charge >= 0.3 is 0 Å². The Labute approximate surface area is 157 Å². The lowest BCUT2D eigenvalue weighted by Gasteiger charge is -2.10. The van der Waals surface area contributed by atoms with Gasteiger partial charge < -0.3 is 15.0 Å². The van der Waals surface area contributed by atoms with E-state index in [-0.39, 0.29) is 18.2 Å². The Hall–Kier alpha value is -3.66. The second-order valence-electron chi connectivity index (χ2n) is 5.50. The van der Waals surface area contributed by atoms with Crippen molar-refractivity contribution >= 4 is 17.3 Å². The summed E-state index contributed by atoms with van der Waals surface area (Å²) in [5.41, 5.74) is 3.62. The van der Waals surface area contributed by atoms with Crippen molar-refractivity contribution in [3.05, 3.63) is 70.8 Å². The van der Waals surface area contributed by atoms with Crippen LogP contribution >= 0.6 is 0 Å². The Morgan fingerprint density at radius 3 is 2.48 bits per heavy atom. The molecule has 0 aromatic heterocycles. The third-order valence-corrected chi connectivity index (χ3v) is 3.75. The van der Waals surface area contributed by atoms with Gasteiger partial charge in [-0.3, -0.25) is 4.79 Å². The number of amides is 1. The number of hydrogen-bond donors (Lipinski definition) is 1. The van der Waals surface area contributed by atoms with E-state index >= 15 is 0 Å². The van der Waals surface area contributed by atoms with Gasteiger partial charge in [0.25, 0.3) is 5.91 Å². The SMILES string of the molecule is CNC(=O)/C(=N/OC)c1ccccc1CO/N=C(\C)c1ccc(C#N)cc1. The van der Waals surface area contributed by atoms with Crippen LogP contribution in [0.1, 0.15) is 29.2 Å². The van der Waals surface area contributed by atoms with Gasteiger partial charge in [-0.25, -0.2) is 0 Å². The first-order chi connectivity index (χ1) is 13.1. The highest BCUT2D eigenvalue weighted by Gasteiger charge is 2.17. The van der Waals surface area contributed by atoms with Crippen molar-refractivity contribution in [1.29, 1.82) is 5.26 Å². The Kier molecular flexibility index (Phi) is 7.08. The number of rotatable bonds is 7. The summed E-state index contributed by atoms with van der Waals surface area (Å²) in [6, 6.07) is 16.4. The monoisotopic (exact) mass is 364 g/mol. The van der Waals surface area contributed by atoms with Gasteiger partial charge in [-0.05, 0) is 24.6 Å². The van der Waals surface area contributed by atoms with Crippen LogP contribution in [0.5, 0.6) is 0 Å². The van der Waals surface area contributed by atoms with Crippen LogP contribution in [0.25, 0.3) is 0 Å². The fourth-order valence-corrected chi connectivity index (χ4v) is 2.34. The number of benzene rings is 2. The predicted molar refractivity (Wildman–Crippen MR) is 102 cm³/mol. The van der Waals surface area contributed by atoms with E-state index in [9.17, 15) is 4.79 Å². The van der Waals surface area contributed by atoms with Crippen LogP contribution in [0.4, 0.5) is 0 Å². The smallest absolute Gasteiger partial charge is 0.273 e. The van der Waals surface area contributed by atoms with E-state index in [1.165, 1.54) is 14.2 Å². The van der Waals surface area contributed by atoms with E-state index in [2.05, 4.69) is 21.7 Å². The summed E-state index contributed by atoms with van der Waals surface area (Å²) in [4.78, 5) is 22.3. The van der Waals surface area contributed by atoms with Gasteiger partial charge in [0.15, 0.2) is 5.71 Å². The molecule has 138 valence electrons. The first-order valence-electron chi connectivity index (χ1n) is 8.19. The molecule has 2 aromatic rings. The molecule has 1 N–H and O–H groups in total. The third-order valence-electron chi connectivity index (χ3n) is 3.75. The molecule has 0 saturated heterocycles. The zero-order valence-corrected chi connectivity index (χ0v) is 15.4. The van der Waals surface area contributed by atoms with Gasteiger partial charge in [0.2, 0.25) is 0 Å². The van der Waals surface area contributed by atoms with Gasteiger partial charge in [0, 0.05) is 18.2 Å². The molecule has 2 aromatic carbocycles. The molecule has 7 heteroatoms. The number of carbonyl (C=O) groups excluding carboxylic acids is 1. The number of carbonyl (C=O) groups is 1. The van der Waals surface area contributed by atoms with Crippen molar-refractivity contribution in [3.8, 4) is 6.07 Å². The largest absolute Gasteiger partial charge is 0.398 e. The van der Waals surface area contributed by atoms with E-state index in [0.29, 0.717) is 16.8 Å². The lowest BCUT2D eigenvalue weighted by atomic mass is 10.0. The van der Waals surface area contributed by atoms with Crippen molar-refractivity contribution < 1.29 is 14.5 Å². The van der Waals surface area contributed by atoms with Gasteiger partial charge in [-0.1, -0.05) is 46.7 Å². The second kappa shape index (κ2) is 9.73. The van der Waals surface area contributed by atoms with E-state index in [4.69, 9.17) is 14.9 Å². The lowest BCUT2D eigenvalue weighted by Crippen LogP contribution is -2.29. The summed E-state index contributed by atoms with van der Waals surface area (Å²) in [5.74, 6) is -0.360. The maximum atomic E-state index is 12.1. The predicted octanol–water partition coefficient (Wildman–Crippen LogP) is 2.60. The topological polar surface area (TPSA) is 96.1 Å². The standard InChI is InChI=1S/C20H20N4O3/c1-14(16-10-8-15(12-21)9-11-16)23-27-13-17-6-4-5-7-18(17)19(24-26-3)20(25)22-2/h4-11H,13H2,1-3H3,(H,22,25)/b23-14+,24-19+. The summed E-state index contributed by atoms with van der Waals surface area (Å²) in [6.07, 6.45) is 0. The third kappa shape index (κ3) is 5.16. The van der Waals surface area contributed by atoms with Crippen LogP contribution in [-0.2, 0) is 21.1 Å². The highest BCUT2D eigenvalue weighted by Crippen LogP contribution is 2.13. The number of nitriles is 1. The number of nitrogens with one attached hydrogen (secondary N) is 1. The molecular weight excluding hydrogens is 344 g/mol. The maximum absolute atomic E-state index is 12.1. The normalized spacial score (nSPS) is 11.5. The number of hydrogen-bond acceptors (Lipinski definition) is 6. The van der Waals surface area contributed by atoms with Crippen molar-refractivity contribution in [2.45, 2.75) is 13.5 Å². The molecule has 0 spiro atoms. The number of likely N-dealkylation sites (N-methyl/N-ethyl adjacent to an activating group) is 1. The highest BCUT2D eigenvalue weighted by molar-refractivity contribution is 6.45. The average Bonchev–Trinajstić information content (AvgIpc) is 2.72. The molecule has 27 heavy (non-hydrogen) atoms. The minimum atomic E-state index is -0.360. The maximum Gasteiger partial charge on any atom is 0.273 e. The quantitative estimate of drug-likeness (QED) is 0.603. The summed E-state index contributed by atoms with van der Waals surface area (Å²) in [6.45, 7) is 1.97. The molecule has 0 radical (unpaired) electrons. The highest BCUT2D eigenvalue weighted by atomic mass is 16.6. The van der Waals surface area contributed by atoms with Crippen molar-refractivity contribution in [1.82, 2.24) is 5.32 Å². The van der Waals surface area contributed by atoms with Gasteiger partial charge in [0.05, 0.1) is 17.3 Å². The summed E-state index contributed by atoms with van der Waals surface area (Å²) in [7, 11) is 2.91. The average molecular weight is 364 g/mol. The fraction of sp³-hybridized carbons (Fsp3) is 0.200. The van der Waals surface area contributed by atoms with Crippen LogP contribution < -0.4 is 5.32 Å². The summed E-state index contributed by atoms with van der Waals surface area (Å²) in [5, 5.41) is 19.3. The van der Waals surface area contributed by atoms with Crippen LogP contribution in [0.2, 0.25) is 0 Å². The van der Waals surface area contributed by atoms with Gasteiger partial charge in [-0.2, -0.15) is 5.26 Å². The molecule has 0 unspecified atom stereocenters. The molecule has 1 amide bonds. The first-order valence-corrected chi connectivity index (χ1v) is 8.19. The van der Waals surface area contributed by atoms with Crippen LogP contribution in [0.3, 0.4) is 0 Å².